The van der Waals surface area contributed by atoms with Crippen LogP contribution in [-0.4, -0.2) is 22.2 Å². The molecular weight excluding hydrogens is 707 g/mol. The van der Waals surface area contributed by atoms with Gasteiger partial charge >= 0.3 is 0 Å². The maximum atomic E-state index is 5.65. The fourth-order valence-electron chi connectivity index (χ4n) is 9.32. The number of aromatic nitrogens is 3. The number of benzene rings is 8. The van der Waals surface area contributed by atoms with Gasteiger partial charge < -0.3 is 0 Å². The van der Waals surface area contributed by atoms with Crippen molar-refractivity contribution in [3.8, 4) is 22.8 Å². The van der Waals surface area contributed by atoms with Crippen LogP contribution in [0, 0.1) is 0 Å². The van der Waals surface area contributed by atoms with Gasteiger partial charge in [0.2, 0.25) is 0 Å². The molecule has 3 nitrogen and oxygen atoms in total. The zero-order chi connectivity index (χ0) is 37.8. The van der Waals surface area contributed by atoms with Gasteiger partial charge in [0.1, 0.15) is 11.6 Å². The maximum Gasteiger partial charge on any atom is 0.180 e. The van der Waals surface area contributed by atoms with Crippen molar-refractivity contribution in [2.24, 2.45) is 0 Å². The molecule has 0 saturated carbocycles. The lowest BCUT2D eigenvalue weighted by Crippen LogP contribution is -2.75. The quantitative estimate of drug-likeness (QED) is 0.118. The average molecular weight is 744 g/mol. The predicted octanol–water partition coefficient (Wildman–Crippen LogP) is 10.3. The van der Waals surface area contributed by atoms with Gasteiger partial charge in [-0.1, -0.05) is 188 Å². The Morgan fingerprint density at radius 2 is 0.632 bits per heavy atom. The Hall–Kier alpha value is -7.27. The number of pyridine rings is 1. The third kappa shape index (κ3) is 5.15. The number of nitrogens with zero attached hydrogens (tertiary/aromatic N) is 3. The summed E-state index contributed by atoms with van der Waals surface area (Å²) < 4.78 is 4.70. The Morgan fingerprint density at radius 1 is 0.316 bits per heavy atom. The van der Waals surface area contributed by atoms with Crippen LogP contribution >= 0.6 is 0 Å². The van der Waals surface area contributed by atoms with Crippen LogP contribution in [0.3, 0.4) is 0 Å². The number of rotatable bonds is 7. The molecule has 11 rings (SSSR count). The molecule has 4 heteroatoms. The molecule has 0 radical (unpaired) electrons. The minimum absolute atomic E-state index is 0.878. The number of fused-ring (bicyclic) bond motifs is 6. The third-order valence-corrected chi connectivity index (χ3v) is 16.5. The van der Waals surface area contributed by atoms with Crippen molar-refractivity contribution < 1.29 is 0 Å². The van der Waals surface area contributed by atoms with E-state index in [0.717, 1.165) is 39.3 Å². The van der Waals surface area contributed by atoms with Gasteiger partial charge in [0.05, 0.1) is 22.1 Å². The first-order chi connectivity index (χ1) is 28.3. The molecule has 268 valence electrons. The van der Waals surface area contributed by atoms with E-state index in [2.05, 4.69) is 234 Å². The van der Waals surface area contributed by atoms with Crippen molar-refractivity contribution >= 4 is 72.4 Å². The lowest BCUT2D eigenvalue weighted by molar-refractivity contribution is 1.01. The zero-order valence-electron chi connectivity index (χ0n) is 31.2. The van der Waals surface area contributed by atoms with Crippen LogP contribution in [0.4, 0.5) is 0 Å². The molecule has 0 N–H and O–H groups in total. The van der Waals surface area contributed by atoms with Crippen molar-refractivity contribution in [1.82, 2.24) is 14.1 Å². The molecule has 57 heavy (non-hydrogen) atoms. The Labute approximate surface area is 332 Å². The average Bonchev–Trinajstić information content (AvgIpc) is 3.81. The smallest absolute Gasteiger partial charge is 0.180 e. The monoisotopic (exact) mass is 743 g/mol. The minimum Gasteiger partial charge on any atom is -0.294 e. The summed E-state index contributed by atoms with van der Waals surface area (Å²) in [5.41, 5.74) is 6.84. The molecule has 8 aromatic carbocycles. The van der Waals surface area contributed by atoms with Gasteiger partial charge in [-0.2, -0.15) is 0 Å². The first-order valence-electron chi connectivity index (χ1n) is 19.6. The molecule has 0 bridgehead atoms. The largest absolute Gasteiger partial charge is 0.294 e. The molecule has 0 fully saturated rings. The van der Waals surface area contributed by atoms with Crippen LogP contribution in [-0.2, 0) is 0 Å². The summed E-state index contributed by atoms with van der Waals surface area (Å²) in [6.07, 6.45) is 0. The van der Waals surface area contributed by atoms with Crippen LogP contribution in [0.5, 0.6) is 0 Å². The molecule has 3 aromatic heterocycles. The van der Waals surface area contributed by atoms with Gasteiger partial charge in [0.15, 0.2) is 8.07 Å². The molecule has 0 unspecified atom stereocenters. The Bertz CT molecular complexity index is 2900. The van der Waals surface area contributed by atoms with Crippen molar-refractivity contribution in [2.45, 2.75) is 0 Å². The summed E-state index contributed by atoms with van der Waals surface area (Å²) in [6.45, 7) is 0. The summed E-state index contributed by atoms with van der Waals surface area (Å²) in [5.74, 6) is 1.76. The Balaban J connectivity index is 1.28. The first-order valence-corrected chi connectivity index (χ1v) is 21.6. The molecular formula is C53H37N3Si. The molecule has 0 spiro atoms. The fourth-order valence-corrected chi connectivity index (χ4v) is 14.3. The van der Waals surface area contributed by atoms with E-state index in [1.165, 1.54) is 47.9 Å². The van der Waals surface area contributed by atoms with Gasteiger partial charge in [-0.15, -0.1) is 0 Å². The SMILES string of the molecule is c1ccc([Si](c2ccccc2)(c2ccccc2)c2ccccc2-c2cc(-n3c4ccccc4c4ccccc43)nc(-n3c4ccccc4c4ccccc43)c2)cc1. The highest BCUT2D eigenvalue weighted by Gasteiger charge is 2.43. The Morgan fingerprint density at radius 3 is 1.02 bits per heavy atom. The lowest BCUT2D eigenvalue weighted by Gasteiger charge is -2.36. The summed E-state index contributed by atoms with van der Waals surface area (Å²) in [5, 5.41) is 10.2. The standard InChI is InChI=1S/C53H37N3Si/c1-4-20-39(21-5-1)57(40-22-6-2-7-23-40,41-24-8-3-9-25-41)51-35-19-14-26-42(51)38-36-52(55-47-31-15-10-27-43(47)44-28-11-16-32-48(44)55)54-53(37-38)56-49-33-17-12-29-45(49)46-30-13-18-34-50(46)56/h1-37H. The van der Waals surface area contributed by atoms with Crippen LogP contribution in [0.2, 0.25) is 0 Å². The molecule has 3 heterocycles. The minimum atomic E-state index is -2.90. The fraction of sp³-hybridized carbons (Fsp3) is 0. The van der Waals surface area contributed by atoms with E-state index in [9.17, 15) is 0 Å². The van der Waals surface area contributed by atoms with Gasteiger partial charge in [0, 0.05) is 21.5 Å². The van der Waals surface area contributed by atoms with Gasteiger partial charge in [-0.3, -0.25) is 9.13 Å². The molecule has 0 atom stereocenters. The van der Waals surface area contributed by atoms with E-state index in [4.69, 9.17) is 4.98 Å². The summed E-state index contributed by atoms with van der Waals surface area (Å²) in [6, 6.07) is 82.1. The second-order valence-electron chi connectivity index (χ2n) is 14.7. The highest BCUT2D eigenvalue weighted by molar-refractivity contribution is 7.20. The van der Waals surface area contributed by atoms with Crippen molar-refractivity contribution in [2.75, 3.05) is 0 Å². The van der Waals surface area contributed by atoms with E-state index in [-0.39, 0.29) is 0 Å². The lowest BCUT2D eigenvalue weighted by atomic mass is 10.1. The highest BCUT2D eigenvalue weighted by atomic mass is 28.3. The van der Waals surface area contributed by atoms with Crippen molar-refractivity contribution in [1.29, 1.82) is 0 Å². The summed E-state index contributed by atoms with van der Waals surface area (Å²) in [4.78, 5) is 5.65. The molecule has 0 aliphatic carbocycles. The van der Waals surface area contributed by atoms with Gasteiger partial charge in [0.25, 0.3) is 0 Å². The highest BCUT2D eigenvalue weighted by Crippen LogP contribution is 2.36. The second-order valence-corrected chi connectivity index (χ2v) is 18.5. The predicted molar refractivity (Wildman–Crippen MR) is 242 cm³/mol. The Kier molecular flexibility index (Phi) is 7.83. The number of hydrogen-bond donors (Lipinski definition) is 0. The van der Waals surface area contributed by atoms with Crippen LogP contribution in [0.15, 0.2) is 224 Å². The van der Waals surface area contributed by atoms with Crippen LogP contribution in [0.1, 0.15) is 0 Å². The second kappa shape index (κ2) is 13.5. The van der Waals surface area contributed by atoms with Gasteiger partial charge in [-0.25, -0.2) is 4.98 Å². The normalized spacial score (nSPS) is 11.9. The van der Waals surface area contributed by atoms with Crippen LogP contribution in [0.25, 0.3) is 66.4 Å². The molecule has 0 amide bonds. The van der Waals surface area contributed by atoms with Crippen LogP contribution < -0.4 is 20.7 Å². The number of para-hydroxylation sites is 4. The molecule has 0 aliphatic heterocycles. The molecule has 0 saturated heterocycles. The summed E-state index contributed by atoms with van der Waals surface area (Å²) in [7, 11) is -2.90. The summed E-state index contributed by atoms with van der Waals surface area (Å²) >= 11 is 0. The molecule has 11 aromatic rings. The van der Waals surface area contributed by atoms with E-state index in [0.29, 0.717) is 0 Å². The van der Waals surface area contributed by atoms with E-state index >= 15 is 0 Å². The van der Waals surface area contributed by atoms with E-state index < -0.39 is 8.07 Å². The third-order valence-electron chi connectivity index (χ3n) is 11.7. The maximum absolute atomic E-state index is 5.65. The molecule has 0 aliphatic rings. The van der Waals surface area contributed by atoms with Crippen molar-refractivity contribution in [3.05, 3.63) is 224 Å². The van der Waals surface area contributed by atoms with Crippen molar-refractivity contribution in [3.63, 3.8) is 0 Å². The zero-order valence-corrected chi connectivity index (χ0v) is 32.2. The van der Waals surface area contributed by atoms with E-state index in [1.807, 2.05) is 0 Å². The van der Waals surface area contributed by atoms with E-state index in [1.54, 1.807) is 0 Å². The number of hydrogen-bond acceptors (Lipinski definition) is 1. The van der Waals surface area contributed by atoms with Gasteiger partial charge in [-0.05, 0) is 68.3 Å². The topological polar surface area (TPSA) is 22.8 Å². The first kappa shape index (κ1) is 33.1.